The van der Waals surface area contributed by atoms with E-state index in [-0.39, 0.29) is 17.1 Å². The molecule has 7 heteroatoms. The Kier molecular flexibility index (Phi) is 3.82. The van der Waals surface area contributed by atoms with Gasteiger partial charge < -0.3 is 15.7 Å². The van der Waals surface area contributed by atoms with Gasteiger partial charge in [0.1, 0.15) is 5.75 Å². The molecule has 1 rings (SSSR count). The van der Waals surface area contributed by atoms with E-state index in [9.17, 15) is 13.2 Å². The molecular formula is C10H11F3N2O2. The summed E-state index contributed by atoms with van der Waals surface area (Å²) in [5.74, 6) is -0.342. The van der Waals surface area contributed by atoms with Gasteiger partial charge in [0.05, 0.1) is 5.56 Å². The van der Waals surface area contributed by atoms with Crippen molar-refractivity contribution in [2.45, 2.75) is 13.1 Å². The van der Waals surface area contributed by atoms with Crippen LogP contribution in [0.2, 0.25) is 0 Å². The summed E-state index contributed by atoms with van der Waals surface area (Å²) < 4.78 is 40.8. The number of halogens is 3. The number of rotatable bonds is 3. The van der Waals surface area contributed by atoms with E-state index in [2.05, 4.69) is 9.89 Å². The smallest absolute Gasteiger partial charge is 0.422 e. The van der Waals surface area contributed by atoms with Gasteiger partial charge in [-0.3, -0.25) is 0 Å². The number of hydrogen-bond acceptors (Lipinski definition) is 3. The normalized spacial score (nSPS) is 12.6. The average molecular weight is 248 g/mol. The van der Waals surface area contributed by atoms with Crippen molar-refractivity contribution in [2.75, 3.05) is 6.61 Å². The lowest BCUT2D eigenvalue weighted by molar-refractivity contribution is -0.153. The van der Waals surface area contributed by atoms with Crippen LogP contribution in [-0.2, 0) is 0 Å². The van der Waals surface area contributed by atoms with Crippen molar-refractivity contribution in [3.8, 4) is 5.75 Å². The number of para-hydroxylation sites is 1. The molecular weight excluding hydrogens is 237 g/mol. The zero-order chi connectivity index (χ0) is 13.1. The molecule has 1 aromatic rings. The lowest BCUT2D eigenvalue weighted by Crippen LogP contribution is -2.22. The van der Waals surface area contributed by atoms with Crippen molar-refractivity contribution < 1.29 is 23.1 Å². The molecule has 0 aliphatic rings. The highest BCUT2D eigenvalue weighted by Gasteiger charge is 2.29. The van der Waals surface area contributed by atoms with Crippen LogP contribution in [0.15, 0.2) is 23.4 Å². The highest BCUT2D eigenvalue weighted by Crippen LogP contribution is 2.25. The largest absolute Gasteiger partial charge is 0.483 e. The fourth-order valence-electron chi connectivity index (χ4n) is 1.25. The number of benzene rings is 1. The van der Waals surface area contributed by atoms with E-state index in [0.717, 1.165) is 0 Å². The van der Waals surface area contributed by atoms with E-state index < -0.39 is 12.8 Å². The van der Waals surface area contributed by atoms with Gasteiger partial charge in [-0.05, 0) is 18.6 Å². The SMILES string of the molecule is Cc1cccc(/C(N)=N/O)c1OCC(F)(F)F. The van der Waals surface area contributed by atoms with Crippen LogP contribution >= 0.6 is 0 Å². The van der Waals surface area contributed by atoms with Crippen LogP contribution in [0.3, 0.4) is 0 Å². The molecule has 0 aliphatic heterocycles. The van der Waals surface area contributed by atoms with Gasteiger partial charge in [-0.2, -0.15) is 13.2 Å². The summed E-state index contributed by atoms with van der Waals surface area (Å²) in [5, 5.41) is 11.3. The van der Waals surface area contributed by atoms with Crippen LogP contribution in [-0.4, -0.2) is 23.8 Å². The zero-order valence-electron chi connectivity index (χ0n) is 8.95. The lowest BCUT2D eigenvalue weighted by Gasteiger charge is -2.14. The average Bonchev–Trinajstić information content (AvgIpc) is 2.25. The number of hydrogen-bond donors (Lipinski definition) is 2. The number of nitrogens with zero attached hydrogens (tertiary/aromatic N) is 1. The monoisotopic (exact) mass is 248 g/mol. The van der Waals surface area contributed by atoms with Gasteiger partial charge in [-0.25, -0.2) is 0 Å². The van der Waals surface area contributed by atoms with Crippen LogP contribution in [0.5, 0.6) is 5.75 Å². The fourth-order valence-corrected chi connectivity index (χ4v) is 1.25. The first-order chi connectivity index (χ1) is 7.85. The first kappa shape index (κ1) is 13.1. The van der Waals surface area contributed by atoms with E-state index in [0.29, 0.717) is 5.56 Å². The summed E-state index contributed by atoms with van der Waals surface area (Å²) in [5.41, 5.74) is 5.93. The van der Waals surface area contributed by atoms with Gasteiger partial charge in [-0.15, -0.1) is 0 Å². The Bertz CT molecular complexity index is 430. The van der Waals surface area contributed by atoms with E-state index in [1.54, 1.807) is 19.1 Å². The third-order valence-corrected chi connectivity index (χ3v) is 1.98. The minimum absolute atomic E-state index is 0.0416. The molecule has 94 valence electrons. The Morgan fingerprint density at radius 1 is 1.47 bits per heavy atom. The van der Waals surface area contributed by atoms with E-state index in [1.807, 2.05) is 0 Å². The van der Waals surface area contributed by atoms with Gasteiger partial charge in [0.15, 0.2) is 12.4 Å². The Labute approximate surface area is 95.5 Å². The molecule has 17 heavy (non-hydrogen) atoms. The summed E-state index contributed by atoms with van der Waals surface area (Å²) in [6.07, 6.45) is -4.44. The molecule has 0 saturated carbocycles. The Morgan fingerprint density at radius 3 is 2.65 bits per heavy atom. The maximum Gasteiger partial charge on any atom is 0.422 e. The summed E-state index contributed by atoms with van der Waals surface area (Å²) in [6, 6.07) is 4.55. The number of oxime groups is 1. The quantitative estimate of drug-likeness (QED) is 0.372. The van der Waals surface area contributed by atoms with Gasteiger partial charge in [0.2, 0.25) is 0 Å². The number of ether oxygens (including phenoxy) is 1. The van der Waals surface area contributed by atoms with Crippen LogP contribution in [0.1, 0.15) is 11.1 Å². The molecule has 0 unspecified atom stereocenters. The Balaban J connectivity index is 3.04. The fraction of sp³-hybridized carbons (Fsp3) is 0.300. The van der Waals surface area contributed by atoms with E-state index in [4.69, 9.17) is 10.9 Å². The number of aryl methyl sites for hydroxylation is 1. The Morgan fingerprint density at radius 2 is 2.12 bits per heavy atom. The molecule has 0 amide bonds. The second-order valence-electron chi connectivity index (χ2n) is 3.34. The maximum atomic E-state index is 12.1. The third-order valence-electron chi connectivity index (χ3n) is 1.98. The summed E-state index contributed by atoms with van der Waals surface area (Å²) in [4.78, 5) is 0. The highest BCUT2D eigenvalue weighted by molar-refractivity contribution is 5.99. The highest BCUT2D eigenvalue weighted by atomic mass is 19.4. The molecule has 0 radical (unpaired) electrons. The minimum Gasteiger partial charge on any atom is -0.483 e. The number of alkyl halides is 3. The van der Waals surface area contributed by atoms with Crippen molar-refractivity contribution in [1.29, 1.82) is 0 Å². The molecule has 0 aromatic heterocycles. The second kappa shape index (κ2) is 4.94. The first-order valence-electron chi connectivity index (χ1n) is 4.62. The van der Waals surface area contributed by atoms with Gasteiger partial charge in [-0.1, -0.05) is 17.3 Å². The van der Waals surface area contributed by atoms with E-state index >= 15 is 0 Å². The second-order valence-corrected chi connectivity index (χ2v) is 3.34. The van der Waals surface area contributed by atoms with Gasteiger partial charge in [0.25, 0.3) is 0 Å². The summed E-state index contributed by atoms with van der Waals surface area (Å²) in [7, 11) is 0. The predicted molar refractivity (Wildman–Crippen MR) is 55.2 cm³/mol. The molecule has 0 aliphatic carbocycles. The molecule has 0 fully saturated rings. The van der Waals surface area contributed by atoms with E-state index in [1.165, 1.54) is 6.07 Å². The molecule has 0 spiro atoms. The van der Waals surface area contributed by atoms with Crippen LogP contribution in [0.25, 0.3) is 0 Å². The molecule has 3 N–H and O–H groups in total. The van der Waals surface area contributed by atoms with Crippen LogP contribution < -0.4 is 10.5 Å². The number of nitrogens with two attached hydrogens (primary N) is 1. The third kappa shape index (κ3) is 3.54. The Hall–Kier alpha value is -1.92. The molecule has 0 bridgehead atoms. The summed E-state index contributed by atoms with van der Waals surface area (Å²) >= 11 is 0. The van der Waals surface area contributed by atoms with Crippen LogP contribution in [0.4, 0.5) is 13.2 Å². The lowest BCUT2D eigenvalue weighted by atomic mass is 10.1. The van der Waals surface area contributed by atoms with Crippen molar-refractivity contribution in [3.63, 3.8) is 0 Å². The zero-order valence-corrected chi connectivity index (χ0v) is 8.95. The van der Waals surface area contributed by atoms with Gasteiger partial charge in [0, 0.05) is 0 Å². The molecule has 0 heterocycles. The molecule has 0 saturated heterocycles. The van der Waals surface area contributed by atoms with Crippen LogP contribution in [0, 0.1) is 6.92 Å². The first-order valence-corrected chi connectivity index (χ1v) is 4.62. The standard InChI is InChI=1S/C10H11F3N2O2/c1-6-3-2-4-7(9(14)15-16)8(6)17-5-10(11,12)13/h2-4,16H,5H2,1H3,(H2,14,15). The molecule has 1 aromatic carbocycles. The number of amidine groups is 1. The van der Waals surface area contributed by atoms with Crippen molar-refractivity contribution in [1.82, 2.24) is 0 Å². The van der Waals surface area contributed by atoms with Crippen molar-refractivity contribution >= 4 is 5.84 Å². The van der Waals surface area contributed by atoms with Crippen molar-refractivity contribution in [2.24, 2.45) is 10.9 Å². The molecule has 4 nitrogen and oxygen atoms in total. The summed E-state index contributed by atoms with van der Waals surface area (Å²) in [6.45, 7) is 0.142. The topological polar surface area (TPSA) is 67.8 Å². The predicted octanol–water partition coefficient (Wildman–Crippen LogP) is 2.03. The van der Waals surface area contributed by atoms with Crippen molar-refractivity contribution in [3.05, 3.63) is 29.3 Å². The minimum atomic E-state index is -4.44. The maximum absolute atomic E-state index is 12.1. The molecule has 0 atom stereocenters. The van der Waals surface area contributed by atoms with Gasteiger partial charge >= 0.3 is 6.18 Å².